The minimum atomic E-state index is -1.51. The summed E-state index contributed by atoms with van der Waals surface area (Å²) < 4.78 is 60.5. The number of nitrogens with zero attached hydrogens (tertiary/aromatic N) is 17. The predicted octanol–water partition coefficient (Wildman–Crippen LogP) is 15.5. The second-order valence-corrected chi connectivity index (χ2v) is 37.9. The molecule has 5 fully saturated rings. The van der Waals surface area contributed by atoms with Crippen LogP contribution in [0.25, 0.3) is 112 Å². The number of ether oxygens (including phenoxy) is 3. The fourth-order valence-corrected chi connectivity index (χ4v) is 19.9. The molecule has 0 radical (unpaired) electrons. The van der Waals surface area contributed by atoms with Gasteiger partial charge in [-0.1, -0.05) is 60.7 Å². The number of carbonyl (C=O) groups is 6. The number of hydrogen-bond donors (Lipinski definition) is 6. The van der Waals surface area contributed by atoms with Crippen LogP contribution in [0.2, 0.25) is 0 Å². The lowest BCUT2D eigenvalue weighted by atomic mass is 9.85. The Morgan fingerprint density at radius 3 is 1.21 bits per heavy atom. The lowest BCUT2D eigenvalue weighted by Gasteiger charge is -2.37. The average molecular weight is 1950 g/mol. The van der Waals surface area contributed by atoms with Gasteiger partial charge in [-0.2, -0.15) is 15.3 Å². The number of methoxy groups -OCH3 is 3. The Morgan fingerprint density at radius 1 is 0.393 bits per heavy atom. The Labute approximate surface area is 833 Å². The summed E-state index contributed by atoms with van der Waals surface area (Å²) >= 11 is 0. The first-order valence-corrected chi connectivity index (χ1v) is 48.6. The number of aromatic amines is 3. The van der Waals surface area contributed by atoms with E-state index in [2.05, 4.69) is 117 Å². The highest BCUT2D eigenvalue weighted by Gasteiger charge is 2.50. The Hall–Kier alpha value is -15.7. The molecular formula is C110H108F3N23O9. The van der Waals surface area contributed by atoms with E-state index >= 15 is 4.39 Å². The summed E-state index contributed by atoms with van der Waals surface area (Å²) in [4.78, 5) is 127. The number of fused-ring (bicyclic) bond motifs is 3. The summed E-state index contributed by atoms with van der Waals surface area (Å²) in [5.41, 5.74) is 13.8. The number of amides is 6. The third kappa shape index (κ3) is 21.4. The van der Waals surface area contributed by atoms with Crippen LogP contribution >= 0.6 is 0 Å². The first kappa shape index (κ1) is 96.8. The van der Waals surface area contributed by atoms with Crippen molar-refractivity contribution in [2.45, 2.75) is 93.1 Å². The van der Waals surface area contributed by atoms with E-state index in [1.807, 2.05) is 135 Å². The van der Waals surface area contributed by atoms with Gasteiger partial charge in [-0.15, -0.1) is 0 Å². The van der Waals surface area contributed by atoms with Gasteiger partial charge in [0.2, 0.25) is 17.7 Å². The standard InChI is InChI=1S/C38H39FN8O3.C37H36FN7O3.C35H33FN8O3/c1-50-38(36(49)43-29-9-10-31-30(22-29)34(45-44-31)27-11-17-40-32(21-27)25-3-4-25)14-18-46(24-38)23-33(48)47-19-12-37(39,13-20-47)28-7-5-26(6-8-28)35-41-15-2-16-42-35;1-24-20-39-35(40-21-24)28-5-3-25(4-6-28)26-13-16-45(17-14-26)33(46)22-44-18-15-37(23-44,48-2)36(47)41-30-11-12-32-31(19-30)34(43-42-32)27-7-9-29(38)10-8-27;1-47-35(34(46)40-27-8-10-30-28(19-27)32(42-41-30)24-3-6-26(36)7-4-24)13-18-43(22-35)21-31(45)44-16-11-23(12-17-44)29-9-5-25(20-39-29)33-37-14-2-15-38-33/h2,5-11,15-17,21-22,25H,3-4,12-14,18-20,23-24H2,1H3,(H,43,49)(H,44,45);3-13,19-21H,14-18,22-23H2,1-2H3,(H,41,47)(H,42,43);2-11,14-15,19-20H,12-13,16-18,21-22H2,1H3,(H,40,46)(H,41,42)/t38-;37-;35-/m000/s1. The fraction of sp³-hybridized carbons (Fsp3) is 0.300. The molecule has 15 aromatic rings. The van der Waals surface area contributed by atoms with Crippen LogP contribution in [-0.2, 0) is 48.6 Å². The van der Waals surface area contributed by atoms with Gasteiger partial charge in [0.25, 0.3) is 17.7 Å². The molecule has 6 N–H and O–H groups in total. The molecule has 14 heterocycles. The number of aromatic nitrogens is 14. The smallest absolute Gasteiger partial charge is 0.258 e. The number of halogens is 3. The molecular weight excluding hydrogens is 1840 g/mol. The third-order valence-electron chi connectivity index (χ3n) is 28.6. The summed E-state index contributed by atoms with van der Waals surface area (Å²) in [5, 5.41) is 34.0. The minimum absolute atomic E-state index is 0.0101. The number of aryl methyl sites for hydroxylation is 1. The SMILES string of the molecule is CO[C@@]1(C(=O)Nc2ccc3[nH]nc(-c4ccc(F)cc4)c3c2)CCN(CC(=O)N2CC=C(c3ccc(-c4ncc(C)cn4)cc3)CC2)C1.CO[C@@]1(C(=O)Nc2ccc3[nH]nc(-c4ccc(F)cc4)c3c2)CCN(CC(=O)N2CC=C(c3ccc(-c4ncccn4)cn3)CC2)C1.CO[C@@]1(C(=O)Nc2ccc3[nH]nc(-c4ccnc(C5CC5)c4)c3c2)CCN(CC(=O)N2CCC(F)(c3ccc(-c4ncccn4)cc3)CC2)C1. The maximum absolute atomic E-state index is 16.1. The van der Waals surface area contributed by atoms with E-state index in [1.54, 1.807) is 96.5 Å². The molecule has 0 bridgehead atoms. The van der Waals surface area contributed by atoms with E-state index in [0.29, 0.717) is 155 Å². The van der Waals surface area contributed by atoms with Gasteiger partial charge in [-0.3, -0.25) is 68.7 Å². The first-order valence-electron chi connectivity index (χ1n) is 48.6. The summed E-state index contributed by atoms with van der Waals surface area (Å²) in [6.45, 7) is 7.96. The molecule has 0 unspecified atom stereocenters. The lowest BCUT2D eigenvalue weighted by molar-refractivity contribution is -0.139. The van der Waals surface area contributed by atoms with Crippen LogP contribution in [0.15, 0.2) is 250 Å². The highest BCUT2D eigenvalue weighted by molar-refractivity contribution is 6.05. The van der Waals surface area contributed by atoms with Crippen molar-refractivity contribution in [1.29, 1.82) is 0 Å². The van der Waals surface area contributed by atoms with E-state index < -0.39 is 22.5 Å². The second kappa shape index (κ2) is 42.1. The maximum Gasteiger partial charge on any atom is 0.258 e. The number of rotatable bonds is 25. The number of nitrogens with one attached hydrogen (secondary N) is 6. The topological polar surface area (TPSA) is 375 Å². The van der Waals surface area contributed by atoms with Crippen LogP contribution in [0.5, 0.6) is 0 Å². The fourth-order valence-electron chi connectivity index (χ4n) is 19.9. The Morgan fingerprint density at radius 2 is 0.793 bits per heavy atom. The number of hydrogen-bond acceptors (Lipinski definition) is 23. The van der Waals surface area contributed by atoms with E-state index in [-0.39, 0.29) is 86.1 Å². The van der Waals surface area contributed by atoms with Crippen molar-refractivity contribution >= 4 is 96.4 Å². The van der Waals surface area contributed by atoms with Gasteiger partial charge in [0.1, 0.15) is 23.0 Å². The Kier molecular flexibility index (Phi) is 28.1. The molecule has 8 aromatic heterocycles. The molecule has 738 valence electrons. The number of pyridine rings is 2. The van der Waals surface area contributed by atoms with E-state index in [4.69, 9.17) is 14.2 Å². The maximum atomic E-state index is 16.1. The highest BCUT2D eigenvalue weighted by atomic mass is 19.1. The Balaban J connectivity index is 0.000000133. The van der Waals surface area contributed by atoms with Gasteiger partial charge >= 0.3 is 0 Å². The summed E-state index contributed by atoms with van der Waals surface area (Å²) in [6.07, 6.45) is 23.8. The molecule has 145 heavy (non-hydrogen) atoms. The number of likely N-dealkylation sites (tertiary alicyclic amines) is 4. The largest absolute Gasteiger partial charge is 0.367 e. The number of carbonyl (C=O) groups excluding carboxylic acids is 6. The quantitative estimate of drug-likeness (QED) is 0.0309. The molecule has 1 saturated carbocycles. The summed E-state index contributed by atoms with van der Waals surface area (Å²) in [6, 6.07) is 55.9. The zero-order valence-corrected chi connectivity index (χ0v) is 80.6. The zero-order valence-electron chi connectivity index (χ0n) is 80.6. The van der Waals surface area contributed by atoms with Gasteiger partial charge in [-0.05, 0) is 219 Å². The molecule has 6 aliphatic heterocycles. The number of piperidine rings is 1. The van der Waals surface area contributed by atoms with Crippen LogP contribution < -0.4 is 16.0 Å². The highest BCUT2D eigenvalue weighted by Crippen LogP contribution is 2.43. The summed E-state index contributed by atoms with van der Waals surface area (Å²) in [5.74, 6) is 0.976. The normalized spacial score (nSPS) is 19.1. The van der Waals surface area contributed by atoms with Crippen molar-refractivity contribution in [3.8, 4) is 67.9 Å². The molecule has 3 atom stereocenters. The zero-order chi connectivity index (χ0) is 99.9. The predicted molar refractivity (Wildman–Crippen MR) is 544 cm³/mol. The molecule has 7 aliphatic rings. The molecule has 35 heteroatoms. The van der Waals surface area contributed by atoms with Crippen molar-refractivity contribution in [1.82, 2.24) is 99.9 Å². The first-order chi connectivity index (χ1) is 70.5. The van der Waals surface area contributed by atoms with Crippen molar-refractivity contribution in [2.75, 3.05) is 135 Å². The van der Waals surface area contributed by atoms with Crippen LogP contribution in [0.1, 0.15) is 91.8 Å². The summed E-state index contributed by atoms with van der Waals surface area (Å²) in [7, 11) is 4.60. The van der Waals surface area contributed by atoms with Crippen LogP contribution in [0.4, 0.5) is 30.2 Å². The van der Waals surface area contributed by atoms with E-state index in [9.17, 15) is 37.5 Å². The minimum Gasteiger partial charge on any atom is -0.367 e. The number of alkyl halides is 1. The second-order valence-electron chi connectivity index (χ2n) is 37.9. The van der Waals surface area contributed by atoms with Crippen LogP contribution in [-0.4, -0.2) is 272 Å². The van der Waals surface area contributed by atoms with Gasteiger partial charge in [0.05, 0.1) is 53.3 Å². The van der Waals surface area contributed by atoms with Gasteiger partial charge in [0, 0.05) is 240 Å². The average Bonchev–Trinajstić information content (AvgIpc) is 1.05. The number of H-pyrrole nitrogens is 3. The van der Waals surface area contributed by atoms with E-state index in [0.717, 1.165) is 106 Å². The van der Waals surface area contributed by atoms with Crippen molar-refractivity contribution in [3.63, 3.8) is 0 Å². The van der Waals surface area contributed by atoms with Gasteiger partial charge < -0.3 is 44.9 Å². The molecule has 22 rings (SSSR count). The van der Waals surface area contributed by atoms with Gasteiger partial charge in [0.15, 0.2) is 34.3 Å². The lowest BCUT2D eigenvalue weighted by Crippen LogP contribution is -2.49. The monoisotopic (exact) mass is 1950 g/mol. The van der Waals surface area contributed by atoms with Crippen molar-refractivity contribution in [2.24, 2.45) is 0 Å². The van der Waals surface area contributed by atoms with Crippen molar-refractivity contribution < 1.29 is 56.1 Å². The van der Waals surface area contributed by atoms with Crippen molar-refractivity contribution in [3.05, 3.63) is 289 Å². The molecule has 6 amide bonds. The molecule has 7 aromatic carbocycles. The number of anilines is 3. The van der Waals surface area contributed by atoms with Crippen LogP contribution in [0, 0.1) is 18.6 Å². The molecule has 0 spiro atoms. The van der Waals surface area contributed by atoms with E-state index in [1.165, 1.54) is 64.0 Å². The molecule has 32 nitrogen and oxygen atoms in total. The molecule has 1 aliphatic carbocycles. The van der Waals surface area contributed by atoms with Gasteiger partial charge in [-0.25, -0.2) is 43.1 Å². The molecule has 4 saturated heterocycles. The Bertz CT molecular complexity index is 7340. The van der Waals surface area contributed by atoms with Crippen LogP contribution in [0.3, 0.4) is 0 Å². The third-order valence-corrected chi connectivity index (χ3v) is 28.6. The number of benzene rings is 7.